The molecule has 29 heavy (non-hydrogen) atoms. The van der Waals surface area contributed by atoms with Crippen LogP contribution in [0.25, 0.3) is 16.3 Å². The second kappa shape index (κ2) is 8.23. The Bertz CT molecular complexity index is 1170. The summed E-state index contributed by atoms with van der Waals surface area (Å²) in [7, 11) is 1.64. The Kier molecular flexibility index (Phi) is 5.51. The van der Waals surface area contributed by atoms with E-state index in [9.17, 15) is 4.79 Å². The number of aromatic nitrogens is 3. The van der Waals surface area contributed by atoms with E-state index in [1.165, 1.54) is 0 Å². The van der Waals surface area contributed by atoms with E-state index >= 15 is 0 Å². The van der Waals surface area contributed by atoms with Crippen molar-refractivity contribution in [2.45, 2.75) is 13.3 Å². The van der Waals surface area contributed by atoms with Crippen LogP contribution in [0.2, 0.25) is 5.02 Å². The Morgan fingerprint density at radius 3 is 2.72 bits per heavy atom. The van der Waals surface area contributed by atoms with Gasteiger partial charge in [-0.1, -0.05) is 29.0 Å². The molecular weight excluding hydrogens is 408 g/mol. The number of nitrogens with one attached hydrogen (secondary N) is 1. The molecule has 0 saturated heterocycles. The van der Waals surface area contributed by atoms with Crippen molar-refractivity contribution >= 4 is 33.8 Å². The summed E-state index contributed by atoms with van der Waals surface area (Å²) in [6.07, 6.45) is 0.714. The molecule has 148 valence electrons. The number of carbonyl (C=O) groups is 1. The minimum absolute atomic E-state index is 0.133. The minimum Gasteiger partial charge on any atom is -0.497 e. The van der Waals surface area contributed by atoms with E-state index in [1.807, 2.05) is 35.7 Å². The predicted octanol–water partition coefficient (Wildman–Crippen LogP) is 4.40. The maximum absolute atomic E-state index is 12.2. The lowest BCUT2D eigenvalue weighted by molar-refractivity contribution is 0.0954. The third kappa shape index (κ3) is 4.11. The number of fused-ring (bicyclic) bond motifs is 1. The first kappa shape index (κ1) is 19.4. The minimum atomic E-state index is -0.133. The lowest BCUT2D eigenvalue weighted by Crippen LogP contribution is -2.25. The van der Waals surface area contributed by atoms with Crippen molar-refractivity contribution in [3.63, 3.8) is 0 Å². The van der Waals surface area contributed by atoms with Crippen LogP contribution >= 0.6 is 22.9 Å². The number of halogens is 1. The molecule has 8 heteroatoms. The molecule has 0 fully saturated rings. The Morgan fingerprint density at radius 2 is 2.03 bits per heavy atom. The number of carbonyl (C=O) groups excluding carboxylic acids is 1. The molecule has 2 heterocycles. The van der Waals surface area contributed by atoms with Crippen LogP contribution in [0, 0.1) is 6.92 Å². The fourth-order valence-electron chi connectivity index (χ4n) is 3.00. The topological polar surface area (TPSA) is 68.5 Å². The number of hydrogen-bond acceptors (Lipinski definition) is 5. The zero-order chi connectivity index (χ0) is 20.4. The predicted molar refractivity (Wildman–Crippen MR) is 115 cm³/mol. The largest absolute Gasteiger partial charge is 0.497 e. The number of rotatable bonds is 6. The number of methoxy groups -OCH3 is 1. The van der Waals surface area contributed by atoms with Gasteiger partial charge in [0.1, 0.15) is 5.75 Å². The van der Waals surface area contributed by atoms with Gasteiger partial charge in [0.05, 0.1) is 12.8 Å². The zero-order valence-electron chi connectivity index (χ0n) is 16.0. The van der Waals surface area contributed by atoms with Gasteiger partial charge in [0.2, 0.25) is 4.96 Å². The number of ether oxygens (including phenoxy) is 1. The lowest BCUT2D eigenvalue weighted by atomic mass is 10.2. The molecule has 0 atom stereocenters. The summed E-state index contributed by atoms with van der Waals surface area (Å²) in [5.74, 6) is 1.35. The van der Waals surface area contributed by atoms with Gasteiger partial charge in [-0.2, -0.15) is 4.98 Å². The van der Waals surface area contributed by atoms with Crippen LogP contribution in [-0.2, 0) is 6.42 Å². The van der Waals surface area contributed by atoms with Crippen LogP contribution in [-0.4, -0.2) is 34.2 Å². The number of amides is 1. The molecule has 0 aliphatic rings. The Labute approximate surface area is 177 Å². The maximum atomic E-state index is 12.2. The summed E-state index contributed by atoms with van der Waals surface area (Å²) < 4.78 is 7.05. The van der Waals surface area contributed by atoms with Crippen molar-refractivity contribution in [1.82, 2.24) is 19.9 Å². The molecule has 0 aliphatic carbocycles. The summed E-state index contributed by atoms with van der Waals surface area (Å²) in [5, 5.41) is 8.11. The van der Waals surface area contributed by atoms with Crippen molar-refractivity contribution in [1.29, 1.82) is 0 Å². The van der Waals surface area contributed by atoms with Gasteiger partial charge in [-0.05, 0) is 49.4 Å². The summed E-state index contributed by atoms with van der Waals surface area (Å²) in [6, 6.07) is 14.6. The summed E-state index contributed by atoms with van der Waals surface area (Å²) in [4.78, 5) is 18.9. The van der Waals surface area contributed by atoms with Gasteiger partial charge in [0.25, 0.3) is 5.91 Å². The Balaban J connectivity index is 1.44. The molecule has 0 aliphatic heterocycles. The van der Waals surface area contributed by atoms with E-state index in [-0.39, 0.29) is 5.91 Å². The molecule has 0 spiro atoms. The van der Waals surface area contributed by atoms with E-state index < -0.39 is 0 Å². The van der Waals surface area contributed by atoms with Crippen molar-refractivity contribution in [3.8, 4) is 17.1 Å². The van der Waals surface area contributed by atoms with E-state index in [4.69, 9.17) is 16.3 Å². The molecular formula is C21H19ClN4O2S. The number of nitrogens with zero attached hydrogens (tertiary/aromatic N) is 3. The van der Waals surface area contributed by atoms with Gasteiger partial charge in [-0.15, -0.1) is 5.10 Å². The highest BCUT2D eigenvalue weighted by Gasteiger charge is 2.15. The third-order valence-corrected chi connectivity index (χ3v) is 6.01. The van der Waals surface area contributed by atoms with Crippen LogP contribution in [0.3, 0.4) is 0 Å². The smallest absolute Gasteiger partial charge is 0.251 e. The van der Waals surface area contributed by atoms with Crippen molar-refractivity contribution in [3.05, 3.63) is 69.7 Å². The Hall–Kier alpha value is -2.90. The summed E-state index contributed by atoms with van der Waals surface area (Å²) >= 11 is 7.53. The standard InChI is InChI=1S/C21H19ClN4O2S/c1-13-18(10-11-23-20(27)15-4-3-5-16(22)12-15)29-21-24-19(25-26(13)21)14-6-8-17(28-2)9-7-14/h3-9,12H,10-11H2,1-2H3,(H,23,27). The van der Waals surface area contributed by atoms with Crippen LogP contribution in [0.1, 0.15) is 20.9 Å². The molecule has 2 aromatic carbocycles. The first-order valence-corrected chi connectivity index (χ1v) is 10.3. The SMILES string of the molecule is COc1ccc(-c2nc3sc(CCNC(=O)c4cccc(Cl)c4)c(C)n3n2)cc1. The van der Waals surface area contributed by atoms with E-state index in [0.29, 0.717) is 29.4 Å². The molecule has 0 bridgehead atoms. The van der Waals surface area contributed by atoms with Gasteiger partial charge in [-0.25, -0.2) is 4.52 Å². The van der Waals surface area contributed by atoms with E-state index in [2.05, 4.69) is 15.4 Å². The number of hydrogen-bond donors (Lipinski definition) is 1. The van der Waals surface area contributed by atoms with Gasteiger partial charge in [-0.3, -0.25) is 4.79 Å². The molecule has 6 nitrogen and oxygen atoms in total. The van der Waals surface area contributed by atoms with Crippen molar-refractivity contribution in [2.24, 2.45) is 0 Å². The second-order valence-corrected chi connectivity index (χ2v) is 7.98. The van der Waals surface area contributed by atoms with Gasteiger partial charge >= 0.3 is 0 Å². The van der Waals surface area contributed by atoms with Crippen LogP contribution < -0.4 is 10.1 Å². The highest BCUT2D eigenvalue weighted by molar-refractivity contribution is 7.17. The quantitative estimate of drug-likeness (QED) is 0.496. The monoisotopic (exact) mass is 426 g/mol. The molecule has 1 amide bonds. The van der Waals surface area contributed by atoms with Crippen molar-refractivity contribution < 1.29 is 9.53 Å². The first-order chi connectivity index (χ1) is 14.0. The summed E-state index contributed by atoms with van der Waals surface area (Å²) in [6.45, 7) is 2.55. The number of thiazole rings is 1. The van der Waals surface area contributed by atoms with E-state index in [0.717, 1.165) is 26.8 Å². The van der Waals surface area contributed by atoms with Gasteiger partial charge < -0.3 is 10.1 Å². The first-order valence-electron chi connectivity index (χ1n) is 9.08. The molecule has 1 N–H and O–H groups in total. The molecule has 2 aromatic heterocycles. The van der Waals surface area contributed by atoms with Gasteiger partial charge in [0, 0.05) is 34.0 Å². The fourth-order valence-corrected chi connectivity index (χ4v) is 4.25. The average Bonchev–Trinajstić information content (AvgIpc) is 3.27. The molecule has 0 saturated carbocycles. The molecule has 4 rings (SSSR count). The molecule has 4 aromatic rings. The fraction of sp³-hybridized carbons (Fsp3) is 0.190. The van der Waals surface area contributed by atoms with Crippen LogP contribution in [0.5, 0.6) is 5.75 Å². The zero-order valence-corrected chi connectivity index (χ0v) is 17.5. The highest BCUT2D eigenvalue weighted by Crippen LogP contribution is 2.26. The lowest BCUT2D eigenvalue weighted by Gasteiger charge is -2.05. The van der Waals surface area contributed by atoms with Gasteiger partial charge in [0.15, 0.2) is 5.82 Å². The van der Waals surface area contributed by atoms with Crippen LogP contribution in [0.4, 0.5) is 0 Å². The highest BCUT2D eigenvalue weighted by atomic mass is 35.5. The number of benzene rings is 2. The molecule has 0 radical (unpaired) electrons. The second-order valence-electron chi connectivity index (χ2n) is 6.49. The number of aryl methyl sites for hydroxylation is 1. The molecule has 0 unspecified atom stereocenters. The van der Waals surface area contributed by atoms with Crippen molar-refractivity contribution in [2.75, 3.05) is 13.7 Å². The normalized spacial score (nSPS) is 11.0. The van der Waals surface area contributed by atoms with E-state index in [1.54, 1.807) is 42.7 Å². The third-order valence-electron chi connectivity index (χ3n) is 4.59. The average molecular weight is 427 g/mol. The summed E-state index contributed by atoms with van der Waals surface area (Å²) in [5.41, 5.74) is 2.53. The Morgan fingerprint density at radius 1 is 1.24 bits per heavy atom. The maximum Gasteiger partial charge on any atom is 0.251 e. The van der Waals surface area contributed by atoms with Crippen LogP contribution in [0.15, 0.2) is 48.5 Å².